The van der Waals surface area contributed by atoms with Crippen LogP contribution in [0.3, 0.4) is 0 Å². The van der Waals surface area contributed by atoms with Crippen LogP contribution in [-0.4, -0.2) is 56.8 Å². The third-order valence-electron chi connectivity index (χ3n) is 4.55. The number of rotatable bonds is 10. The van der Waals surface area contributed by atoms with Crippen LogP contribution >= 0.6 is 0 Å². The molecule has 1 aromatic heterocycles. The maximum absolute atomic E-state index is 12.8. The summed E-state index contributed by atoms with van der Waals surface area (Å²) in [6.07, 6.45) is 2.66. The van der Waals surface area contributed by atoms with Crippen molar-refractivity contribution in [1.29, 1.82) is 5.26 Å². The van der Waals surface area contributed by atoms with E-state index < -0.39 is 19.7 Å². The molecule has 176 valence electrons. The number of ether oxygens (including phenoxy) is 4. The first-order valence-electron chi connectivity index (χ1n) is 9.81. The minimum atomic E-state index is -1.10. The molecule has 9 nitrogen and oxygen atoms in total. The van der Waals surface area contributed by atoms with Crippen LogP contribution in [0.15, 0.2) is 47.6 Å². The number of pyridine rings is 1. The maximum Gasteiger partial charge on any atom is 0.340 e. The molecule has 0 fully saturated rings. The number of fused-ring (bicyclic) bond motifs is 1. The van der Waals surface area contributed by atoms with E-state index in [-0.39, 0.29) is 40.8 Å². The lowest BCUT2D eigenvalue weighted by Crippen LogP contribution is -2.22. The van der Waals surface area contributed by atoms with Crippen LogP contribution in [0.1, 0.15) is 15.9 Å². The van der Waals surface area contributed by atoms with Crippen LogP contribution < -0.4 is 14.2 Å². The number of carbonyl (C=O) groups is 1. The number of halogens is 2. The third kappa shape index (κ3) is 5.29. The predicted molar refractivity (Wildman–Crippen MR) is 119 cm³/mol. The van der Waals surface area contributed by atoms with E-state index in [4.69, 9.17) is 18.9 Å². The van der Waals surface area contributed by atoms with Crippen LogP contribution in [0.5, 0.6) is 17.2 Å². The van der Waals surface area contributed by atoms with Gasteiger partial charge in [-0.15, -0.1) is 0 Å². The van der Waals surface area contributed by atoms with Crippen molar-refractivity contribution in [3.05, 3.63) is 53.7 Å². The molecule has 3 aromatic rings. The molecule has 2 aromatic carbocycles. The number of aromatic nitrogens is 1. The van der Waals surface area contributed by atoms with Gasteiger partial charge in [-0.05, 0) is 24.3 Å². The van der Waals surface area contributed by atoms with Gasteiger partial charge in [-0.3, -0.25) is 4.98 Å². The van der Waals surface area contributed by atoms with Crippen LogP contribution in [0.4, 0.5) is 14.5 Å². The van der Waals surface area contributed by atoms with Gasteiger partial charge >= 0.3 is 5.97 Å². The second-order valence-corrected chi connectivity index (χ2v) is 6.69. The summed E-state index contributed by atoms with van der Waals surface area (Å²) < 4.78 is 45.9. The molecule has 0 spiro atoms. The summed E-state index contributed by atoms with van der Waals surface area (Å²) >= 11 is 0. The second-order valence-electron chi connectivity index (χ2n) is 6.69. The van der Waals surface area contributed by atoms with Gasteiger partial charge in [0.15, 0.2) is 12.5 Å². The Balaban J connectivity index is 1.86. The molecule has 0 saturated heterocycles. The SMILES string of the molecule is COC(=O)c1cccc(OCF)c1N=CN(C)COc1c(C#N)cnc2c(OCF)cccc12. The minimum absolute atomic E-state index is 0.0586. The molecule has 0 aliphatic carbocycles. The number of esters is 1. The van der Waals surface area contributed by atoms with Crippen molar-refractivity contribution in [2.75, 3.05) is 34.6 Å². The van der Waals surface area contributed by atoms with Crippen LogP contribution in [0.25, 0.3) is 10.9 Å². The number of carbonyl (C=O) groups excluding carboxylic acids is 1. The Hall–Kier alpha value is -4.46. The van der Waals surface area contributed by atoms with Gasteiger partial charge in [0.1, 0.15) is 34.3 Å². The van der Waals surface area contributed by atoms with E-state index in [1.54, 1.807) is 25.2 Å². The zero-order valence-electron chi connectivity index (χ0n) is 18.3. The number of hydrogen-bond acceptors (Lipinski definition) is 8. The number of nitriles is 1. The number of methoxy groups -OCH3 is 1. The second kappa shape index (κ2) is 11.4. The van der Waals surface area contributed by atoms with Crippen molar-refractivity contribution in [3.8, 4) is 23.3 Å². The minimum Gasteiger partial charge on any atom is -0.471 e. The number of nitrogens with zero attached hydrogens (tertiary/aromatic N) is 4. The Morgan fingerprint density at radius 2 is 1.85 bits per heavy atom. The van der Waals surface area contributed by atoms with Crippen molar-refractivity contribution in [2.45, 2.75) is 0 Å². The first-order valence-corrected chi connectivity index (χ1v) is 9.81. The van der Waals surface area contributed by atoms with Gasteiger partial charge in [-0.25, -0.2) is 18.6 Å². The normalized spacial score (nSPS) is 10.7. The molecule has 3 rings (SSSR count). The predicted octanol–water partition coefficient (Wildman–Crippen LogP) is 4.13. The quantitative estimate of drug-likeness (QED) is 0.188. The first-order chi connectivity index (χ1) is 16.5. The van der Waals surface area contributed by atoms with Crippen LogP contribution in [0, 0.1) is 11.3 Å². The zero-order chi connectivity index (χ0) is 24.5. The van der Waals surface area contributed by atoms with Gasteiger partial charge in [-0.2, -0.15) is 5.26 Å². The molecule has 0 N–H and O–H groups in total. The van der Waals surface area contributed by atoms with Gasteiger partial charge in [0.2, 0.25) is 13.7 Å². The highest BCUT2D eigenvalue weighted by molar-refractivity contribution is 5.97. The summed E-state index contributed by atoms with van der Waals surface area (Å²) in [7, 11) is 2.85. The fourth-order valence-corrected chi connectivity index (χ4v) is 3.04. The topological polar surface area (TPSA) is 106 Å². The highest BCUT2D eigenvalue weighted by Gasteiger charge is 2.17. The van der Waals surface area contributed by atoms with Crippen molar-refractivity contribution in [1.82, 2.24) is 9.88 Å². The Labute approximate surface area is 193 Å². The van der Waals surface area contributed by atoms with Gasteiger partial charge < -0.3 is 23.8 Å². The van der Waals surface area contributed by atoms with Gasteiger partial charge in [0, 0.05) is 18.6 Å². The van der Waals surface area contributed by atoms with E-state index >= 15 is 0 Å². The van der Waals surface area contributed by atoms with E-state index in [0.717, 1.165) is 0 Å². The van der Waals surface area contributed by atoms with E-state index in [0.29, 0.717) is 10.9 Å². The van der Waals surface area contributed by atoms with Gasteiger partial charge in [0.05, 0.1) is 19.0 Å². The number of para-hydroxylation sites is 2. The highest BCUT2D eigenvalue weighted by atomic mass is 19.1. The summed E-state index contributed by atoms with van der Waals surface area (Å²) in [6.45, 7) is -2.20. The Morgan fingerprint density at radius 3 is 2.56 bits per heavy atom. The van der Waals surface area contributed by atoms with Crippen molar-refractivity contribution in [2.24, 2.45) is 4.99 Å². The Bertz CT molecular complexity index is 1250. The lowest BCUT2D eigenvalue weighted by atomic mass is 10.1. The number of alkyl halides is 2. The molecule has 0 bridgehead atoms. The smallest absolute Gasteiger partial charge is 0.340 e. The highest BCUT2D eigenvalue weighted by Crippen LogP contribution is 2.34. The molecule has 0 aliphatic heterocycles. The molecule has 0 aliphatic rings. The lowest BCUT2D eigenvalue weighted by molar-refractivity contribution is 0.0601. The van der Waals surface area contributed by atoms with Gasteiger partial charge in [-0.1, -0.05) is 12.1 Å². The lowest BCUT2D eigenvalue weighted by Gasteiger charge is -2.17. The maximum atomic E-state index is 12.8. The Kier molecular flexibility index (Phi) is 8.12. The van der Waals surface area contributed by atoms with Crippen molar-refractivity contribution >= 4 is 28.9 Å². The molecule has 0 saturated carbocycles. The van der Waals surface area contributed by atoms with Crippen LogP contribution in [0.2, 0.25) is 0 Å². The van der Waals surface area contributed by atoms with Crippen molar-refractivity contribution in [3.63, 3.8) is 0 Å². The third-order valence-corrected chi connectivity index (χ3v) is 4.55. The fourth-order valence-electron chi connectivity index (χ4n) is 3.04. The number of benzene rings is 2. The molecule has 0 amide bonds. The van der Waals surface area contributed by atoms with E-state index in [1.165, 1.54) is 42.7 Å². The first kappa shape index (κ1) is 24.2. The Morgan fingerprint density at radius 1 is 1.15 bits per heavy atom. The number of hydrogen-bond donors (Lipinski definition) is 0. The molecular formula is C23H20F2N4O5. The molecule has 0 radical (unpaired) electrons. The standard InChI is InChI=1S/C23H20F2N4O5/c1-29(13-28-21-17(23(30)31-2)6-4-8-19(21)33-12-25)14-34-22-15(9-26)10-27-20-16(22)5-3-7-18(20)32-11-24/h3-8,10,13H,11-12,14H2,1-2H3. The average molecular weight is 470 g/mol. The summed E-state index contributed by atoms with van der Waals surface area (Å²) in [5, 5.41) is 9.93. The molecular weight excluding hydrogens is 450 g/mol. The molecule has 34 heavy (non-hydrogen) atoms. The molecule has 0 atom stereocenters. The van der Waals surface area contributed by atoms with E-state index in [2.05, 4.69) is 9.98 Å². The summed E-state index contributed by atoms with van der Waals surface area (Å²) in [4.78, 5) is 22.0. The molecule has 1 heterocycles. The van der Waals surface area contributed by atoms with E-state index in [9.17, 15) is 18.8 Å². The summed E-state index contributed by atoms with van der Waals surface area (Å²) in [5.41, 5.74) is 0.681. The van der Waals surface area contributed by atoms with Crippen molar-refractivity contribution < 1.29 is 32.5 Å². The van der Waals surface area contributed by atoms with Crippen LogP contribution in [-0.2, 0) is 4.74 Å². The average Bonchev–Trinajstić information content (AvgIpc) is 2.86. The molecule has 11 heteroatoms. The largest absolute Gasteiger partial charge is 0.471 e. The van der Waals surface area contributed by atoms with Gasteiger partial charge in [0.25, 0.3) is 0 Å². The summed E-state index contributed by atoms with van der Waals surface area (Å²) in [5.74, 6) is -0.163. The zero-order valence-corrected chi connectivity index (χ0v) is 18.3. The number of aliphatic imine (C=N–C) groups is 1. The fraction of sp³-hybridized carbons (Fsp3) is 0.217. The molecule has 0 unspecified atom stereocenters. The monoisotopic (exact) mass is 470 g/mol. The summed E-state index contributed by atoms with van der Waals surface area (Å²) in [6, 6.07) is 11.3. The van der Waals surface area contributed by atoms with E-state index in [1.807, 2.05) is 6.07 Å².